The highest BCUT2D eigenvalue weighted by molar-refractivity contribution is 7.40. The fourth-order valence-electron chi connectivity index (χ4n) is 0.744. The predicted molar refractivity (Wildman–Crippen MR) is 56.8 cm³/mol. The van der Waals surface area contributed by atoms with Gasteiger partial charge in [0, 0.05) is 32.2 Å². The van der Waals surface area contributed by atoms with Gasteiger partial charge in [-0.1, -0.05) is 0 Å². The minimum absolute atomic E-state index is 0.483. The molecule has 0 heterocycles. The Balaban J connectivity index is 3.08. The summed E-state index contributed by atoms with van der Waals surface area (Å²) < 4.78 is 16.2. The second-order valence-electron chi connectivity index (χ2n) is 2.42. The van der Waals surface area contributed by atoms with Gasteiger partial charge >= 0.3 is 0 Å². The van der Waals surface area contributed by atoms with Crippen molar-refractivity contribution in [2.45, 2.75) is 13.3 Å². The lowest BCUT2D eigenvalue weighted by molar-refractivity contribution is 0.146. The van der Waals surface area contributed by atoms with Crippen molar-refractivity contribution in [3.63, 3.8) is 0 Å². The van der Waals surface area contributed by atoms with Gasteiger partial charge in [-0.2, -0.15) is 0 Å². The Morgan fingerprint density at radius 3 is 2.69 bits per heavy atom. The first-order valence-electron chi connectivity index (χ1n) is 4.46. The fraction of sp³-hybridized carbons (Fsp3) is 1.00. The summed E-state index contributed by atoms with van der Waals surface area (Å²) in [6.07, 6.45) is 0.882. The van der Waals surface area contributed by atoms with Crippen LogP contribution in [0.15, 0.2) is 0 Å². The van der Waals surface area contributed by atoms with E-state index in [9.17, 15) is 4.57 Å². The van der Waals surface area contributed by atoms with Gasteiger partial charge in [0.05, 0.1) is 0 Å². The highest BCUT2D eigenvalue weighted by Gasteiger charge is 1.95. The predicted octanol–water partition coefficient (Wildman–Crippen LogP) is 1.22. The van der Waals surface area contributed by atoms with E-state index in [0.29, 0.717) is 25.6 Å². The molecule has 0 aromatic heterocycles. The van der Waals surface area contributed by atoms with Crippen LogP contribution in [-0.4, -0.2) is 32.2 Å². The van der Waals surface area contributed by atoms with Crippen LogP contribution in [0.1, 0.15) is 13.3 Å². The van der Waals surface area contributed by atoms with Crippen molar-refractivity contribution in [1.29, 1.82) is 0 Å². The smallest absolute Gasteiger partial charge is 0.199 e. The number of ether oxygens (including phenoxy) is 1. The number of hydrogen-bond acceptors (Lipinski definition) is 2. The van der Waals surface area contributed by atoms with Gasteiger partial charge in [-0.05, 0) is 13.3 Å². The van der Waals surface area contributed by atoms with Gasteiger partial charge in [-0.15, -0.1) is 11.6 Å². The summed E-state index contributed by atoms with van der Waals surface area (Å²) in [7, 11) is -1.83. The third-order valence-electron chi connectivity index (χ3n) is 1.34. The molecule has 2 N–H and O–H groups in total. The van der Waals surface area contributed by atoms with E-state index in [-0.39, 0.29) is 0 Å². The average Bonchev–Trinajstić information content (AvgIpc) is 2.14. The maximum Gasteiger partial charge on any atom is 0.199 e. The van der Waals surface area contributed by atoms with E-state index in [1.165, 1.54) is 0 Å². The van der Waals surface area contributed by atoms with E-state index < -0.39 is 8.10 Å². The van der Waals surface area contributed by atoms with Crippen LogP contribution < -0.4 is 10.2 Å². The van der Waals surface area contributed by atoms with E-state index in [0.717, 1.165) is 13.0 Å². The molecule has 4 nitrogen and oxygen atoms in total. The zero-order valence-corrected chi connectivity index (χ0v) is 9.69. The standard InChI is InChI=1S/C7H18ClN2O2P/c1-2-12-7-3-5-9-13(11)10-6-4-8/h13H,2-7H2,1H3,(H2,9,10,11). The number of halogens is 1. The Morgan fingerprint density at radius 1 is 1.38 bits per heavy atom. The lowest BCUT2D eigenvalue weighted by atomic mass is 10.5. The number of rotatable bonds is 9. The molecule has 0 aliphatic rings. The van der Waals surface area contributed by atoms with Gasteiger partial charge in [0.15, 0.2) is 8.10 Å². The lowest BCUT2D eigenvalue weighted by Crippen LogP contribution is -2.17. The Hall–Kier alpha value is 0.400. The normalized spacial score (nSPS) is 13.1. The fourth-order valence-corrected chi connectivity index (χ4v) is 1.88. The minimum Gasteiger partial charge on any atom is -0.382 e. The SMILES string of the molecule is CCOCCCN[PH](=O)NCCCl. The maximum atomic E-state index is 11.1. The third kappa shape index (κ3) is 10.3. The van der Waals surface area contributed by atoms with Crippen LogP contribution in [-0.2, 0) is 9.30 Å². The Morgan fingerprint density at radius 2 is 2.08 bits per heavy atom. The van der Waals surface area contributed by atoms with Gasteiger partial charge in [0.2, 0.25) is 0 Å². The molecule has 0 radical (unpaired) electrons. The maximum absolute atomic E-state index is 11.1. The first kappa shape index (κ1) is 13.4. The average molecular weight is 229 g/mol. The molecule has 0 bridgehead atoms. The Bertz CT molecular complexity index is 138. The zero-order valence-electron chi connectivity index (χ0n) is 7.94. The molecule has 0 spiro atoms. The second kappa shape index (κ2) is 10.5. The van der Waals surface area contributed by atoms with Gasteiger partial charge in [-0.25, -0.2) is 0 Å². The van der Waals surface area contributed by atoms with Crippen molar-refractivity contribution in [2.24, 2.45) is 0 Å². The molecule has 0 aliphatic heterocycles. The summed E-state index contributed by atoms with van der Waals surface area (Å²) in [5.74, 6) is 0.483. The summed E-state index contributed by atoms with van der Waals surface area (Å²) in [6.45, 7) is 4.71. The number of nitrogens with one attached hydrogen (secondary N) is 2. The van der Waals surface area contributed by atoms with Crippen LogP contribution in [0.25, 0.3) is 0 Å². The second-order valence-corrected chi connectivity index (χ2v) is 4.17. The van der Waals surface area contributed by atoms with E-state index in [4.69, 9.17) is 16.3 Å². The van der Waals surface area contributed by atoms with E-state index in [2.05, 4.69) is 10.2 Å². The van der Waals surface area contributed by atoms with Crippen LogP contribution in [0.2, 0.25) is 0 Å². The zero-order chi connectivity index (χ0) is 9.94. The Labute approximate surface area is 85.3 Å². The molecular formula is C7H18ClN2O2P. The molecule has 0 saturated carbocycles. The molecule has 0 aliphatic carbocycles. The number of hydrogen-bond donors (Lipinski definition) is 2. The van der Waals surface area contributed by atoms with Crippen molar-refractivity contribution >= 4 is 19.7 Å². The molecule has 13 heavy (non-hydrogen) atoms. The van der Waals surface area contributed by atoms with Crippen LogP contribution >= 0.6 is 19.7 Å². The molecule has 0 aromatic rings. The van der Waals surface area contributed by atoms with Gasteiger partial charge in [0.1, 0.15) is 0 Å². The highest BCUT2D eigenvalue weighted by Crippen LogP contribution is 2.05. The highest BCUT2D eigenvalue weighted by atomic mass is 35.5. The number of alkyl halides is 1. The molecule has 6 heteroatoms. The van der Waals surface area contributed by atoms with Crippen LogP contribution in [0.4, 0.5) is 0 Å². The summed E-state index contributed by atoms with van der Waals surface area (Å²) in [6, 6.07) is 0. The summed E-state index contributed by atoms with van der Waals surface area (Å²) in [5.41, 5.74) is 0. The largest absolute Gasteiger partial charge is 0.382 e. The monoisotopic (exact) mass is 228 g/mol. The summed E-state index contributed by atoms with van der Waals surface area (Å²) in [4.78, 5) is 0. The van der Waals surface area contributed by atoms with Gasteiger partial charge < -0.3 is 4.74 Å². The van der Waals surface area contributed by atoms with Crippen molar-refractivity contribution in [2.75, 3.05) is 32.2 Å². The van der Waals surface area contributed by atoms with Gasteiger partial charge in [0.25, 0.3) is 0 Å². The van der Waals surface area contributed by atoms with Crippen molar-refractivity contribution in [1.82, 2.24) is 10.2 Å². The molecule has 0 saturated heterocycles. The molecule has 80 valence electrons. The first-order valence-corrected chi connectivity index (χ1v) is 6.41. The van der Waals surface area contributed by atoms with E-state index >= 15 is 0 Å². The molecule has 0 amide bonds. The first-order chi connectivity index (χ1) is 6.31. The van der Waals surface area contributed by atoms with Crippen LogP contribution in [0.5, 0.6) is 0 Å². The van der Waals surface area contributed by atoms with Crippen molar-refractivity contribution < 1.29 is 9.30 Å². The Kier molecular flexibility index (Phi) is 10.8. The van der Waals surface area contributed by atoms with Crippen LogP contribution in [0.3, 0.4) is 0 Å². The molecular weight excluding hydrogens is 211 g/mol. The van der Waals surface area contributed by atoms with Crippen molar-refractivity contribution in [3.05, 3.63) is 0 Å². The molecule has 1 unspecified atom stereocenters. The molecule has 0 fully saturated rings. The lowest BCUT2D eigenvalue weighted by Gasteiger charge is -2.05. The van der Waals surface area contributed by atoms with Gasteiger partial charge in [-0.3, -0.25) is 14.7 Å². The summed E-state index contributed by atoms with van der Waals surface area (Å²) >= 11 is 5.42. The van der Waals surface area contributed by atoms with E-state index in [1.54, 1.807) is 0 Å². The summed E-state index contributed by atoms with van der Waals surface area (Å²) in [5, 5.41) is 5.66. The molecule has 0 rings (SSSR count). The third-order valence-corrected chi connectivity index (χ3v) is 2.67. The van der Waals surface area contributed by atoms with Crippen molar-refractivity contribution in [3.8, 4) is 0 Å². The van der Waals surface area contributed by atoms with Crippen LogP contribution in [0, 0.1) is 0 Å². The topological polar surface area (TPSA) is 50.4 Å². The molecule has 0 aromatic carbocycles. The quantitative estimate of drug-likeness (QED) is 0.354. The molecule has 1 atom stereocenters. The van der Waals surface area contributed by atoms with E-state index in [1.807, 2.05) is 6.92 Å². The minimum atomic E-state index is -1.83.